The van der Waals surface area contributed by atoms with Crippen molar-refractivity contribution in [2.24, 2.45) is 0 Å². The quantitative estimate of drug-likeness (QED) is 0.780. The second-order valence-corrected chi connectivity index (χ2v) is 4.40. The minimum Gasteiger partial charge on any atom is -0.411 e. The molecule has 1 atom stereocenters. The van der Waals surface area contributed by atoms with Gasteiger partial charge < -0.3 is 4.84 Å². The number of halogens is 5. The Kier molecular flexibility index (Phi) is 4.01. The van der Waals surface area contributed by atoms with E-state index >= 15 is 0 Å². The number of hydroxylamine groups is 2. The molecule has 0 fully saturated rings. The zero-order valence-electron chi connectivity index (χ0n) is 9.62. The Morgan fingerprint density at radius 3 is 2.37 bits per heavy atom. The highest BCUT2D eigenvalue weighted by molar-refractivity contribution is 6.30. The molecule has 0 amide bonds. The molecule has 1 aliphatic rings. The maximum absolute atomic E-state index is 12.4. The Morgan fingerprint density at radius 1 is 1.21 bits per heavy atom. The minimum absolute atomic E-state index is 0.0155. The lowest BCUT2D eigenvalue weighted by atomic mass is 10.0. The molecule has 0 bridgehead atoms. The third kappa shape index (κ3) is 3.01. The van der Waals surface area contributed by atoms with Crippen molar-refractivity contribution in [3.05, 3.63) is 46.7 Å². The average molecular weight is 296 g/mol. The van der Waals surface area contributed by atoms with Crippen LogP contribution in [0.25, 0.3) is 0 Å². The standard InChI is InChI=1S/C12H10ClF4NO/c13-10-7-19-18(6-5-14)11(10)8-1-3-9(4-2-8)12(15,16)17/h1-4,7,11H,5-6H2. The molecule has 7 heteroatoms. The minimum atomic E-state index is -4.39. The molecule has 2 nitrogen and oxygen atoms in total. The monoisotopic (exact) mass is 295 g/mol. The molecule has 104 valence electrons. The Bertz CT molecular complexity index is 472. The van der Waals surface area contributed by atoms with E-state index in [0.717, 1.165) is 12.1 Å². The van der Waals surface area contributed by atoms with E-state index in [-0.39, 0.29) is 6.54 Å². The van der Waals surface area contributed by atoms with E-state index in [4.69, 9.17) is 16.4 Å². The smallest absolute Gasteiger partial charge is 0.411 e. The number of nitrogens with zero attached hydrogens (tertiary/aromatic N) is 1. The molecule has 1 heterocycles. The van der Waals surface area contributed by atoms with Crippen LogP contribution in [-0.4, -0.2) is 18.3 Å². The van der Waals surface area contributed by atoms with Gasteiger partial charge in [-0.25, -0.2) is 4.39 Å². The topological polar surface area (TPSA) is 12.5 Å². The van der Waals surface area contributed by atoms with Crippen molar-refractivity contribution < 1.29 is 22.4 Å². The van der Waals surface area contributed by atoms with Crippen molar-refractivity contribution in [3.63, 3.8) is 0 Å². The first-order chi connectivity index (χ1) is 8.93. The van der Waals surface area contributed by atoms with Gasteiger partial charge in [-0.05, 0) is 17.7 Å². The molecule has 1 aromatic rings. The van der Waals surface area contributed by atoms with E-state index in [2.05, 4.69) is 0 Å². The summed E-state index contributed by atoms with van der Waals surface area (Å²) in [6.45, 7) is -0.659. The summed E-state index contributed by atoms with van der Waals surface area (Å²) in [7, 11) is 0. The summed E-state index contributed by atoms with van der Waals surface area (Å²) < 4.78 is 49.7. The normalized spacial score (nSPS) is 20.3. The predicted octanol–water partition coefficient (Wildman–Crippen LogP) is 4.04. The van der Waals surface area contributed by atoms with E-state index in [0.29, 0.717) is 10.6 Å². The molecule has 0 aromatic heterocycles. The summed E-state index contributed by atoms with van der Waals surface area (Å²) in [6.07, 6.45) is -3.14. The Balaban J connectivity index is 2.23. The number of benzene rings is 1. The first-order valence-corrected chi connectivity index (χ1v) is 5.83. The molecule has 1 aromatic carbocycles. The maximum atomic E-state index is 12.4. The van der Waals surface area contributed by atoms with E-state index in [9.17, 15) is 17.6 Å². The lowest BCUT2D eigenvalue weighted by Gasteiger charge is -2.22. The van der Waals surface area contributed by atoms with E-state index < -0.39 is 24.5 Å². The van der Waals surface area contributed by atoms with Crippen LogP contribution in [0.1, 0.15) is 17.2 Å². The first kappa shape index (κ1) is 14.1. The van der Waals surface area contributed by atoms with Crippen LogP contribution < -0.4 is 0 Å². The van der Waals surface area contributed by atoms with E-state index in [1.165, 1.54) is 23.5 Å². The number of hydrogen-bond donors (Lipinski definition) is 0. The summed E-state index contributed by atoms with van der Waals surface area (Å²) in [5.74, 6) is 0. The summed E-state index contributed by atoms with van der Waals surface area (Å²) in [4.78, 5) is 5.05. The van der Waals surface area contributed by atoms with Gasteiger partial charge in [-0.2, -0.15) is 13.2 Å². The van der Waals surface area contributed by atoms with Crippen molar-refractivity contribution in [2.45, 2.75) is 12.2 Å². The van der Waals surface area contributed by atoms with Gasteiger partial charge in [0.25, 0.3) is 0 Å². The zero-order valence-corrected chi connectivity index (χ0v) is 10.4. The average Bonchev–Trinajstić information content (AvgIpc) is 2.70. The van der Waals surface area contributed by atoms with Gasteiger partial charge in [0.05, 0.1) is 17.1 Å². The van der Waals surface area contributed by atoms with Crippen molar-refractivity contribution in [1.29, 1.82) is 0 Å². The van der Waals surface area contributed by atoms with Crippen LogP contribution in [0.15, 0.2) is 35.6 Å². The lowest BCUT2D eigenvalue weighted by Crippen LogP contribution is -2.25. The maximum Gasteiger partial charge on any atom is 0.416 e. The highest BCUT2D eigenvalue weighted by Crippen LogP contribution is 2.37. The summed E-state index contributed by atoms with van der Waals surface area (Å²) in [5.41, 5.74) is -0.229. The summed E-state index contributed by atoms with van der Waals surface area (Å²) in [6, 6.07) is 3.98. The van der Waals surface area contributed by atoms with Crippen molar-refractivity contribution in [3.8, 4) is 0 Å². The van der Waals surface area contributed by atoms with Crippen LogP contribution in [0, 0.1) is 0 Å². The van der Waals surface area contributed by atoms with Crippen molar-refractivity contribution >= 4 is 11.6 Å². The highest BCUT2D eigenvalue weighted by Gasteiger charge is 2.33. The van der Waals surface area contributed by atoms with Crippen LogP contribution in [-0.2, 0) is 11.0 Å². The third-order valence-electron chi connectivity index (χ3n) is 2.71. The molecular weight excluding hydrogens is 286 g/mol. The van der Waals surface area contributed by atoms with Gasteiger partial charge in [-0.15, -0.1) is 5.06 Å². The zero-order chi connectivity index (χ0) is 14.0. The largest absolute Gasteiger partial charge is 0.416 e. The number of rotatable bonds is 3. The van der Waals surface area contributed by atoms with Gasteiger partial charge >= 0.3 is 6.18 Å². The van der Waals surface area contributed by atoms with Crippen LogP contribution in [0.4, 0.5) is 17.6 Å². The molecule has 0 aliphatic carbocycles. The van der Waals surface area contributed by atoms with Gasteiger partial charge in [0, 0.05) is 0 Å². The van der Waals surface area contributed by atoms with Crippen LogP contribution >= 0.6 is 11.6 Å². The molecule has 0 saturated carbocycles. The molecule has 19 heavy (non-hydrogen) atoms. The molecule has 0 N–H and O–H groups in total. The van der Waals surface area contributed by atoms with Gasteiger partial charge in [0.2, 0.25) is 0 Å². The molecule has 2 rings (SSSR count). The predicted molar refractivity (Wildman–Crippen MR) is 61.9 cm³/mol. The molecule has 0 saturated heterocycles. The Labute approximate surface area is 112 Å². The fraction of sp³-hybridized carbons (Fsp3) is 0.333. The van der Waals surface area contributed by atoms with Gasteiger partial charge in [0.15, 0.2) is 0 Å². The van der Waals surface area contributed by atoms with Crippen molar-refractivity contribution in [2.75, 3.05) is 13.2 Å². The molecule has 0 spiro atoms. The van der Waals surface area contributed by atoms with Crippen molar-refractivity contribution in [1.82, 2.24) is 5.06 Å². The molecule has 0 radical (unpaired) electrons. The second kappa shape index (κ2) is 5.38. The SMILES string of the molecule is FCCN1OC=C(Cl)C1c1ccc(C(F)(F)F)cc1. The fourth-order valence-corrected chi connectivity index (χ4v) is 2.10. The van der Waals surface area contributed by atoms with E-state index in [1.807, 2.05) is 0 Å². The Morgan fingerprint density at radius 2 is 1.84 bits per heavy atom. The first-order valence-electron chi connectivity index (χ1n) is 5.45. The lowest BCUT2D eigenvalue weighted by molar-refractivity contribution is -0.137. The van der Waals surface area contributed by atoms with Gasteiger partial charge in [-0.3, -0.25) is 0 Å². The Hall–Kier alpha value is -1.27. The molecule has 1 aliphatic heterocycles. The third-order valence-corrected chi connectivity index (χ3v) is 3.00. The van der Waals surface area contributed by atoms with E-state index in [1.54, 1.807) is 0 Å². The van der Waals surface area contributed by atoms with Crippen LogP contribution in [0.3, 0.4) is 0 Å². The summed E-state index contributed by atoms with van der Waals surface area (Å²) in [5, 5.41) is 1.58. The van der Waals surface area contributed by atoms with Crippen LogP contribution in [0.5, 0.6) is 0 Å². The summed E-state index contributed by atoms with van der Waals surface area (Å²) >= 11 is 5.92. The fourth-order valence-electron chi connectivity index (χ4n) is 1.83. The highest BCUT2D eigenvalue weighted by atomic mass is 35.5. The second-order valence-electron chi connectivity index (χ2n) is 3.96. The van der Waals surface area contributed by atoms with Gasteiger partial charge in [0.1, 0.15) is 19.0 Å². The van der Waals surface area contributed by atoms with Gasteiger partial charge in [-0.1, -0.05) is 23.7 Å². The number of hydrogen-bond acceptors (Lipinski definition) is 2. The molecular formula is C12H10ClF4NO. The molecule has 1 unspecified atom stereocenters. The van der Waals surface area contributed by atoms with Crippen LogP contribution in [0.2, 0.25) is 0 Å². The number of alkyl halides is 4.